The highest BCUT2D eigenvalue weighted by Gasteiger charge is 2.22. The molecule has 2 aromatic heterocycles. The molecule has 1 N–H and O–H groups in total. The molecule has 4 nitrogen and oxygen atoms in total. The summed E-state index contributed by atoms with van der Waals surface area (Å²) in [6.45, 7) is 5.90. The number of rotatable bonds is 5. The van der Waals surface area contributed by atoms with Gasteiger partial charge in [-0.05, 0) is 61.0 Å². The number of nitrogens with zero attached hydrogens (tertiary/aromatic N) is 2. The standard InChI is InChI=1S/C21H25N3OS2/c1-3-27(25)24-10-7-18(8-11-24)23-20-13-17(21-5-4-15(2)26-21)12-16-6-9-22-14-19(16)20/h4-6,9,12-14,18,23H,3,7-8,10-11H2,1-2H3. The third-order valence-electron chi connectivity index (χ3n) is 5.13. The molecular weight excluding hydrogens is 374 g/mol. The van der Waals surface area contributed by atoms with Crippen molar-refractivity contribution in [1.29, 1.82) is 0 Å². The molecule has 1 aliphatic rings. The highest BCUT2D eigenvalue weighted by Crippen LogP contribution is 2.35. The third-order valence-corrected chi connectivity index (χ3v) is 7.61. The van der Waals surface area contributed by atoms with Gasteiger partial charge in [-0.25, -0.2) is 8.51 Å². The molecule has 0 radical (unpaired) electrons. The Balaban J connectivity index is 1.60. The number of fused-ring (bicyclic) bond motifs is 1. The molecule has 3 heterocycles. The summed E-state index contributed by atoms with van der Waals surface area (Å²) < 4.78 is 14.1. The SMILES string of the molecule is CCS(=O)N1CCC(Nc2cc(-c3ccc(C)s3)cc3ccncc23)CC1. The predicted octanol–water partition coefficient (Wildman–Crippen LogP) is 4.83. The first-order valence-corrected chi connectivity index (χ1v) is 11.6. The number of anilines is 1. The van der Waals surface area contributed by atoms with E-state index in [0.717, 1.165) is 37.0 Å². The highest BCUT2D eigenvalue weighted by molar-refractivity contribution is 7.82. The quantitative estimate of drug-likeness (QED) is 0.668. The number of hydrogen-bond donors (Lipinski definition) is 1. The number of piperidine rings is 1. The second-order valence-corrected chi connectivity index (χ2v) is 10.0. The molecule has 0 saturated carbocycles. The molecule has 4 rings (SSSR count). The zero-order valence-corrected chi connectivity index (χ0v) is 17.4. The van der Waals surface area contributed by atoms with E-state index in [1.165, 1.54) is 20.7 Å². The summed E-state index contributed by atoms with van der Waals surface area (Å²) in [5.41, 5.74) is 2.40. The topological polar surface area (TPSA) is 45.2 Å². The fourth-order valence-electron chi connectivity index (χ4n) is 3.66. The van der Waals surface area contributed by atoms with E-state index in [9.17, 15) is 4.21 Å². The van der Waals surface area contributed by atoms with Gasteiger partial charge in [0.25, 0.3) is 0 Å². The van der Waals surface area contributed by atoms with E-state index in [1.807, 2.05) is 30.7 Å². The first-order valence-electron chi connectivity index (χ1n) is 9.48. The summed E-state index contributed by atoms with van der Waals surface area (Å²) in [5, 5.41) is 6.13. The predicted molar refractivity (Wildman–Crippen MR) is 117 cm³/mol. The molecule has 0 spiro atoms. The third kappa shape index (κ3) is 4.08. The molecular formula is C21H25N3OS2. The van der Waals surface area contributed by atoms with Crippen LogP contribution >= 0.6 is 11.3 Å². The molecule has 1 saturated heterocycles. The van der Waals surface area contributed by atoms with Crippen LogP contribution in [-0.2, 0) is 11.0 Å². The van der Waals surface area contributed by atoms with Gasteiger partial charge in [-0.15, -0.1) is 11.3 Å². The molecule has 1 aromatic carbocycles. The number of aromatic nitrogens is 1. The normalized spacial score (nSPS) is 17.3. The van der Waals surface area contributed by atoms with Crippen molar-refractivity contribution in [3.63, 3.8) is 0 Å². The van der Waals surface area contributed by atoms with Gasteiger partial charge in [-0.2, -0.15) is 0 Å². The average Bonchev–Trinajstić information content (AvgIpc) is 3.14. The van der Waals surface area contributed by atoms with E-state index in [0.29, 0.717) is 11.8 Å². The van der Waals surface area contributed by atoms with Crippen LogP contribution in [0.5, 0.6) is 0 Å². The molecule has 1 fully saturated rings. The summed E-state index contributed by atoms with van der Waals surface area (Å²) in [7, 11) is -0.826. The Kier molecular flexibility index (Phi) is 5.57. The second kappa shape index (κ2) is 8.09. The van der Waals surface area contributed by atoms with E-state index in [4.69, 9.17) is 0 Å². The lowest BCUT2D eigenvalue weighted by atomic mass is 10.0. The van der Waals surface area contributed by atoms with Crippen molar-refractivity contribution in [2.45, 2.75) is 32.7 Å². The van der Waals surface area contributed by atoms with Crippen molar-refractivity contribution in [1.82, 2.24) is 9.29 Å². The lowest BCUT2D eigenvalue weighted by Crippen LogP contribution is -2.40. The van der Waals surface area contributed by atoms with Gasteiger partial charge >= 0.3 is 0 Å². The number of nitrogens with one attached hydrogen (secondary N) is 1. The van der Waals surface area contributed by atoms with Gasteiger partial charge in [0.15, 0.2) is 0 Å². The van der Waals surface area contributed by atoms with Crippen LogP contribution in [0.4, 0.5) is 5.69 Å². The van der Waals surface area contributed by atoms with Crippen molar-refractivity contribution in [3.8, 4) is 10.4 Å². The fraction of sp³-hybridized carbons (Fsp3) is 0.381. The van der Waals surface area contributed by atoms with Gasteiger partial charge in [0.1, 0.15) is 0 Å². The van der Waals surface area contributed by atoms with Gasteiger partial charge in [-0.1, -0.05) is 6.92 Å². The molecule has 6 heteroatoms. The maximum Gasteiger partial charge on any atom is 0.0939 e. The Hall–Kier alpha value is -1.76. The van der Waals surface area contributed by atoms with Crippen LogP contribution in [0.15, 0.2) is 42.7 Å². The van der Waals surface area contributed by atoms with E-state index in [2.05, 4.69) is 51.9 Å². The van der Waals surface area contributed by atoms with Gasteiger partial charge in [0.2, 0.25) is 0 Å². The summed E-state index contributed by atoms with van der Waals surface area (Å²) in [4.78, 5) is 6.95. The maximum absolute atomic E-state index is 12.0. The van der Waals surface area contributed by atoms with E-state index in [-0.39, 0.29) is 0 Å². The van der Waals surface area contributed by atoms with Gasteiger partial charge in [0.05, 0.1) is 11.0 Å². The maximum atomic E-state index is 12.0. The van der Waals surface area contributed by atoms with Crippen molar-refractivity contribution in [2.24, 2.45) is 0 Å². The molecule has 0 aliphatic carbocycles. The zero-order valence-electron chi connectivity index (χ0n) is 15.8. The van der Waals surface area contributed by atoms with Crippen molar-refractivity contribution >= 4 is 38.8 Å². The Morgan fingerprint density at radius 1 is 1.26 bits per heavy atom. The van der Waals surface area contributed by atoms with Crippen LogP contribution in [0.25, 0.3) is 21.2 Å². The largest absolute Gasteiger partial charge is 0.382 e. The van der Waals surface area contributed by atoms with Crippen molar-refractivity contribution in [2.75, 3.05) is 24.2 Å². The molecule has 27 heavy (non-hydrogen) atoms. The summed E-state index contributed by atoms with van der Waals surface area (Å²) in [6, 6.07) is 11.4. The minimum atomic E-state index is -0.826. The fourth-order valence-corrected chi connectivity index (χ4v) is 5.49. The number of aryl methyl sites for hydroxylation is 1. The molecule has 3 aromatic rings. The minimum Gasteiger partial charge on any atom is -0.382 e. The summed E-state index contributed by atoms with van der Waals surface area (Å²) >= 11 is 1.83. The molecule has 1 atom stereocenters. The first kappa shape index (κ1) is 18.6. The number of benzene rings is 1. The Bertz CT molecular complexity index is 961. The van der Waals surface area contributed by atoms with Crippen LogP contribution < -0.4 is 5.32 Å². The van der Waals surface area contributed by atoms with Crippen molar-refractivity contribution in [3.05, 3.63) is 47.6 Å². The van der Waals surface area contributed by atoms with Gasteiger partial charge in [0, 0.05) is 58.1 Å². The minimum absolute atomic E-state index is 0.402. The lowest BCUT2D eigenvalue weighted by Gasteiger charge is -2.32. The number of hydrogen-bond acceptors (Lipinski definition) is 4. The summed E-state index contributed by atoms with van der Waals surface area (Å²) in [6.07, 6.45) is 5.82. The van der Waals surface area contributed by atoms with Crippen LogP contribution in [-0.4, -0.2) is 38.4 Å². The van der Waals surface area contributed by atoms with Crippen LogP contribution in [0, 0.1) is 6.92 Å². The highest BCUT2D eigenvalue weighted by atomic mass is 32.2. The Morgan fingerprint density at radius 3 is 2.78 bits per heavy atom. The zero-order chi connectivity index (χ0) is 18.8. The first-order chi connectivity index (χ1) is 13.1. The molecule has 1 unspecified atom stereocenters. The molecule has 1 aliphatic heterocycles. The van der Waals surface area contributed by atoms with E-state index >= 15 is 0 Å². The number of pyridine rings is 1. The van der Waals surface area contributed by atoms with Crippen LogP contribution in [0.3, 0.4) is 0 Å². The summed E-state index contributed by atoms with van der Waals surface area (Å²) in [5.74, 6) is 0.705. The molecule has 142 valence electrons. The van der Waals surface area contributed by atoms with Crippen LogP contribution in [0.2, 0.25) is 0 Å². The van der Waals surface area contributed by atoms with E-state index < -0.39 is 11.0 Å². The smallest absolute Gasteiger partial charge is 0.0939 e. The van der Waals surface area contributed by atoms with E-state index in [1.54, 1.807) is 0 Å². The lowest BCUT2D eigenvalue weighted by molar-refractivity contribution is 0.346. The molecule has 0 bridgehead atoms. The molecule has 0 amide bonds. The van der Waals surface area contributed by atoms with Crippen molar-refractivity contribution < 1.29 is 4.21 Å². The monoisotopic (exact) mass is 399 g/mol. The second-order valence-electron chi connectivity index (χ2n) is 6.99. The van der Waals surface area contributed by atoms with Gasteiger partial charge in [-0.3, -0.25) is 4.98 Å². The Morgan fingerprint density at radius 2 is 2.07 bits per heavy atom. The average molecular weight is 400 g/mol. The Labute approximate surface area is 167 Å². The van der Waals surface area contributed by atoms with Crippen LogP contribution in [0.1, 0.15) is 24.6 Å². The number of thiophene rings is 1. The van der Waals surface area contributed by atoms with Gasteiger partial charge < -0.3 is 5.32 Å².